The number of methoxy groups -OCH3 is 1. The number of fused-ring (bicyclic) bond motifs is 2. The molecule has 0 unspecified atom stereocenters. The van der Waals surface area contributed by atoms with E-state index in [4.69, 9.17) is 9.72 Å². The minimum Gasteiger partial charge on any atom is -0.468 e. The molecule has 2 N–H and O–H groups in total. The molecular formula is C21H23N5O. The summed E-state index contributed by atoms with van der Waals surface area (Å²) >= 11 is 0. The molecule has 4 aromatic rings. The fourth-order valence-corrected chi connectivity index (χ4v) is 3.98. The average Bonchev–Trinajstić information content (AvgIpc) is 3.30. The Hall–Kier alpha value is -2.86. The number of rotatable bonds is 3. The summed E-state index contributed by atoms with van der Waals surface area (Å²) < 4.78 is 5.18. The van der Waals surface area contributed by atoms with Crippen molar-refractivity contribution in [3.05, 3.63) is 42.0 Å². The van der Waals surface area contributed by atoms with Gasteiger partial charge in [0.2, 0.25) is 0 Å². The van der Waals surface area contributed by atoms with E-state index in [-0.39, 0.29) is 0 Å². The second-order valence-electron chi connectivity index (χ2n) is 7.42. The van der Waals surface area contributed by atoms with Crippen molar-refractivity contribution < 1.29 is 4.74 Å². The van der Waals surface area contributed by atoms with Gasteiger partial charge in [0, 0.05) is 5.56 Å². The summed E-state index contributed by atoms with van der Waals surface area (Å²) in [5.41, 5.74) is 6.35. The molecule has 0 spiro atoms. The number of hydrogen-bond acceptors (Lipinski definition) is 4. The van der Waals surface area contributed by atoms with E-state index >= 15 is 0 Å². The van der Waals surface area contributed by atoms with E-state index < -0.39 is 0 Å². The molecule has 5 rings (SSSR count). The number of likely N-dealkylation sites (tertiary alicyclic amines) is 1. The van der Waals surface area contributed by atoms with E-state index in [2.05, 4.69) is 51.2 Å². The third-order valence-electron chi connectivity index (χ3n) is 5.63. The molecule has 1 aliphatic heterocycles. The average molecular weight is 361 g/mol. The van der Waals surface area contributed by atoms with E-state index in [0.717, 1.165) is 33.5 Å². The van der Waals surface area contributed by atoms with Crippen LogP contribution in [0.1, 0.15) is 24.3 Å². The largest absolute Gasteiger partial charge is 0.468 e. The molecule has 1 aliphatic rings. The Morgan fingerprint density at radius 1 is 0.963 bits per heavy atom. The zero-order chi connectivity index (χ0) is 18.4. The Bertz CT molecular complexity index is 1100. The van der Waals surface area contributed by atoms with Gasteiger partial charge in [0.15, 0.2) is 0 Å². The summed E-state index contributed by atoms with van der Waals surface area (Å²) in [6.07, 6.45) is 2.44. The number of ether oxygens (including phenoxy) is 1. The number of benzene rings is 2. The summed E-state index contributed by atoms with van der Waals surface area (Å²) in [6, 6.07) is 13.3. The number of hydrogen-bond donors (Lipinski definition) is 2. The number of H-pyrrole nitrogens is 2. The molecule has 2 aromatic heterocycles. The van der Waals surface area contributed by atoms with Gasteiger partial charge in [-0.25, -0.2) is 4.98 Å². The third kappa shape index (κ3) is 2.96. The number of nitrogens with one attached hydrogen (secondary N) is 2. The number of aromatic amines is 2. The van der Waals surface area contributed by atoms with Crippen LogP contribution in [0.5, 0.6) is 6.01 Å². The van der Waals surface area contributed by atoms with Gasteiger partial charge in [-0.05, 0) is 74.8 Å². The predicted molar refractivity (Wildman–Crippen MR) is 107 cm³/mol. The molecule has 138 valence electrons. The van der Waals surface area contributed by atoms with Gasteiger partial charge in [-0.15, -0.1) is 0 Å². The van der Waals surface area contributed by atoms with Crippen LogP contribution < -0.4 is 4.74 Å². The van der Waals surface area contributed by atoms with Crippen molar-refractivity contribution in [1.82, 2.24) is 24.8 Å². The predicted octanol–water partition coefficient (Wildman–Crippen LogP) is 3.92. The molecule has 3 heterocycles. The molecule has 6 nitrogen and oxygen atoms in total. The molecular weight excluding hydrogens is 338 g/mol. The van der Waals surface area contributed by atoms with Crippen molar-refractivity contribution in [2.75, 3.05) is 27.2 Å². The van der Waals surface area contributed by atoms with Crippen molar-refractivity contribution >= 4 is 22.1 Å². The number of imidazole rings is 2. The van der Waals surface area contributed by atoms with Crippen LogP contribution in [0.3, 0.4) is 0 Å². The van der Waals surface area contributed by atoms with Crippen LogP contribution in [0.15, 0.2) is 36.4 Å². The van der Waals surface area contributed by atoms with Crippen LogP contribution in [0.4, 0.5) is 0 Å². The molecule has 27 heavy (non-hydrogen) atoms. The van der Waals surface area contributed by atoms with E-state index in [1.54, 1.807) is 7.11 Å². The summed E-state index contributed by atoms with van der Waals surface area (Å²) in [5.74, 6) is 1.51. The minimum atomic E-state index is 0.523. The first-order valence-electron chi connectivity index (χ1n) is 9.42. The molecule has 0 bridgehead atoms. The lowest BCUT2D eigenvalue weighted by molar-refractivity contribution is 0.255. The lowest BCUT2D eigenvalue weighted by Crippen LogP contribution is -2.29. The van der Waals surface area contributed by atoms with Gasteiger partial charge in [-0.3, -0.25) is 0 Å². The number of aromatic nitrogens is 4. The molecule has 0 amide bonds. The van der Waals surface area contributed by atoms with Gasteiger partial charge in [0.05, 0.1) is 29.2 Å². The highest BCUT2D eigenvalue weighted by molar-refractivity contribution is 5.84. The maximum atomic E-state index is 5.18. The Morgan fingerprint density at radius 2 is 1.70 bits per heavy atom. The summed E-state index contributed by atoms with van der Waals surface area (Å²) in [6.45, 7) is 2.34. The monoisotopic (exact) mass is 361 g/mol. The molecule has 0 radical (unpaired) electrons. The number of piperidine rings is 1. The Balaban J connectivity index is 1.49. The highest BCUT2D eigenvalue weighted by Gasteiger charge is 2.19. The molecule has 0 atom stereocenters. The third-order valence-corrected chi connectivity index (χ3v) is 5.63. The maximum absolute atomic E-state index is 5.18. The lowest BCUT2D eigenvalue weighted by atomic mass is 9.89. The van der Waals surface area contributed by atoms with Crippen molar-refractivity contribution in [3.63, 3.8) is 0 Å². The van der Waals surface area contributed by atoms with E-state index in [0.29, 0.717) is 11.9 Å². The maximum Gasteiger partial charge on any atom is 0.294 e. The SMILES string of the molecule is COc1nc2cc(-c3nc4cc(C5CCN(C)CC5)ccc4[nH]3)ccc2[nH]1. The zero-order valence-corrected chi connectivity index (χ0v) is 15.6. The Labute approximate surface area is 157 Å². The van der Waals surface area contributed by atoms with Gasteiger partial charge in [0.1, 0.15) is 5.82 Å². The second-order valence-corrected chi connectivity index (χ2v) is 7.42. The van der Waals surface area contributed by atoms with Crippen molar-refractivity contribution in [2.24, 2.45) is 0 Å². The Kier molecular flexibility index (Phi) is 3.86. The highest BCUT2D eigenvalue weighted by atomic mass is 16.5. The van der Waals surface area contributed by atoms with E-state index in [1.165, 1.54) is 31.5 Å². The summed E-state index contributed by atoms with van der Waals surface area (Å²) in [4.78, 5) is 18.3. The van der Waals surface area contributed by atoms with Gasteiger partial charge in [0.25, 0.3) is 6.01 Å². The van der Waals surface area contributed by atoms with Gasteiger partial charge in [-0.2, -0.15) is 4.98 Å². The number of nitrogens with zero attached hydrogens (tertiary/aromatic N) is 3. The Morgan fingerprint density at radius 3 is 2.52 bits per heavy atom. The molecule has 6 heteroatoms. The van der Waals surface area contributed by atoms with Crippen LogP contribution in [0.2, 0.25) is 0 Å². The first-order chi connectivity index (χ1) is 13.2. The normalized spacial score (nSPS) is 16.4. The van der Waals surface area contributed by atoms with Crippen LogP contribution in [0, 0.1) is 0 Å². The molecule has 2 aromatic carbocycles. The van der Waals surface area contributed by atoms with Gasteiger partial charge in [-0.1, -0.05) is 6.07 Å². The van der Waals surface area contributed by atoms with Crippen molar-refractivity contribution in [3.8, 4) is 17.4 Å². The molecule has 0 aliphatic carbocycles. The van der Waals surface area contributed by atoms with Gasteiger partial charge < -0.3 is 19.6 Å². The zero-order valence-electron chi connectivity index (χ0n) is 15.6. The van der Waals surface area contributed by atoms with Crippen molar-refractivity contribution in [2.45, 2.75) is 18.8 Å². The summed E-state index contributed by atoms with van der Waals surface area (Å²) in [7, 11) is 3.81. The first-order valence-corrected chi connectivity index (χ1v) is 9.42. The van der Waals surface area contributed by atoms with Crippen LogP contribution >= 0.6 is 0 Å². The minimum absolute atomic E-state index is 0.523. The molecule has 1 saturated heterocycles. The van der Waals surface area contributed by atoms with E-state index in [1.807, 2.05) is 12.1 Å². The van der Waals surface area contributed by atoms with Crippen LogP contribution in [0.25, 0.3) is 33.5 Å². The van der Waals surface area contributed by atoms with E-state index in [9.17, 15) is 0 Å². The molecule has 1 fully saturated rings. The van der Waals surface area contributed by atoms with Crippen LogP contribution in [-0.4, -0.2) is 52.1 Å². The quantitative estimate of drug-likeness (QED) is 0.580. The summed E-state index contributed by atoms with van der Waals surface area (Å²) in [5, 5.41) is 0. The molecule has 0 saturated carbocycles. The van der Waals surface area contributed by atoms with Gasteiger partial charge >= 0.3 is 0 Å². The highest BCUT2D eigenvalue weighted by Crippen LogP contribution is 2.30. The standard InChI is InChI=1S/C21H23N5O/c1-26-9-7-13(8-10-26)14-3-5-16-18(11-14)23-20(22-16)15-4-6-17-19(12-15)25-21(24-17)27-2/h3-6,11-13H,7-10H2,1-2H3,(H,22,23)(H,24,25). The lowest BCUT2D eigenvalue weighted by Gasteiger charge is -2.29. The van der Waals surface area contributed by atoms with Crippen molar-refractivity contribution in [1.29, 1.82) is 0 Å². The fourth-order valence-electron chi connectivity index (χ4n) is 3.98. The van der Waals surface area contributed by atoms with Crippen LogP contribution in [-0.2, 0) is 0 Å². The fraction of sp³-hybridized carbons (Fsp3) is 0.333. The second kappa shape index (κ2) is 6.39. The topological polar surface area (TPSA) is 69.8 Å². The smallest absolute Gasteiger partial charge is 0.294 e. The first kappa shape index (κ1) is 16.3.